The molecule has 24 heteroatoms. The first-order chi connectivity index (χ1) is 24.9. The van der Waals surface area contributed by atoms with Crippen LogP contribution in [0.1, 0.15) is 13.3 Å². The lowest BCUT2D eigenvalue weighted by Crippen LogP contribution is -2.35. The number of hydrogen-bond donors (Lipinski definition) is 4. The summed E-state index contributed by atoms with van der Waals surface area (Å²) >= 11 is 1.04. The average Bonchev–Trinajstić information content (AvgIpc) is 3.86. The first kappa shape index (κ1) is 36.8. The zero-order valence-corrected chi connectivity index (χ0v) is 29.2. The number of aromatic nitrogens is 2. The number of benzene rings is 1. The summed E-state index contributed by atoms with van der Waals surface area (Å²) in [5, 5.41) is 28.3. The van der Waals surface area contributed by atoms with Gasteiger partial charge in [0.1, 0.15) is 33.5 Å². The SMILES string of the molecule is CC(C=c1s/c(=c2/s/c(=C3/OC(=O)N(CC(=O)O)C3=O)n(CC(=O)O)c2=O)n(CC(=O)O)c1=O)=C1Oc2cc3c(cc2N1CCCS(=O)(=O)O)OCO3. The molecular formula is C29H24N4O17S3. The highest BCUT2D eigenvalue weighted by atomic mass is 32.2. The minimum absolute atomic E-state index is 0.000996. The quantitative estimate of drug-likeness (QED) is 0.164. The van der Waals surface area contributed by atoms with Gasteiger partial charge in [0.25, 0.3) is 21.2 Å². The van der Waals surface area contributed by atoms with Crippen molar-refractivity contribution in [2.24, 2.45) is 0 Å². The van der Waals surface area contributed by atoms with Gasteiger partial charge >= 0.3 is 29.9 Å². The van der Waals surface area contributed by atoms with Gasteiger partial charge in [0, 0.05) is 24.3 Å². The molecule has 1 saturated heterocycles. The Balaban J connectivity index is 1.57. The van der Waals surface area contributed by atoms with Gasteiger partial charge in [-0.1, -0.05) is 0 Å². The van der Waals surface area contributed by atoms with Crippen LogP contribution in [0.25, 0.3) is 11.8 Å². The van der Waals surface area contributed by atoms with Gasteiger partial charge in [-0.05, 0) is 19.4 Å². The van der Waals surface area contributed by atoms with Crippen molar-refractivity contribution in [3.63, 3.8) is 0 Å². The fraction of sp³-hybridized carbons (Fsp3) is 0.276. The molecule has 0 bridgehead atoms. The van der Waals surface area contributed by atoms with Crippen molar-refractivity contribution in [3.8, 4) is 17.2 Å². The Kier molecular flexibility index (Phi) is 9.63. The molecule has 2 amide bonds. The molecule has 2 aromatic heterocycles. The molecule has 0 radical (unpaired) electrons. The Morgan fingerprint density at radius 3 is 2.08 bits per heavy atom. The largest absolute Gasteiger partial charge is 0.480 e. The van der Waals surface area contributed by atoms with Crippen molar-refractivity contribution in [3.05, 3.63) is 62.7 Å². The van der Waals surface area contributed by atoms with E-state index in [4.69, 9.17) is 24.1 Å². The first-order valence-electron chi connectivity index (χ1n) is 14.9. The lowest BCUT2D eigenvalue weighted by atomic mass is 10.2. The van der Waals surface area contributed by atoms with Crippen LogP contribution in [0.3, 0.4) is 0 Å². The Hall–Kier alpha value is -5.98. The molecule has 3 aliphatic heterocycles. The predicted octanol–water partition coefficient (Wildman–Crippen LogP) is -1.32. The number of carbonyl (C=O) groups is 5. The molecule has 0 saturated carbocycles. The number of carbonyl (C=O) groups excluding carboxylic acids is 2. The van der Waals surface area contributed by atoms with Gasteiger partial charge in [0.05, 0.1) is 16.0 Å². The Morgan fingerprint density at radius 2 is 1.45 bits per heavy atom. The summed E-state index contributed by atoms with van der Waals surface area (Å²) < 4.78 is 54.0. The number of carboxylic acid groups (broad SMARTS) is 3. The molecule has 6 rings (SSSR count). The highest BCUT2D eigenvalue weighted by Gasteiger charge is 2.40. The number of aliphatic carboxylic acids is 3. The number of fused-ring (bicyclic) bond motifs is 2. The van der Waals surface area contributed by atoms with E-state index in [0.29, 0.717) is 44.4 Å². The maximum absolute atomic E-state index is 13.7. The van der Waals surface area contributed by atoms with Crippen LogP contribution in [-0.2, 0) is 47.1 Å². The number of allylic oxidation sites excluding steroid dienone is 1. The normalized spacial score (nSPS) is 18.0. The second-order valence-electron chi connectivity index (χ2n) is 11.3. The smallest absolute Gasteiger partial charge is 0.423 e. The van der Waals surface area contributed by atoms with E-state index in [1.54, 1.807) is 17.0 Å². The van der Waals surface area contributed by atoms with Gasteiger partial charge in [-0.25, -0.2) is 9.69 Å². The maximum atomic E-state index is 13.7. The molecular weight excluding hydrogens is 773 g/mol. The third-order valence-electron chi connectivity index (χ3n) is 7.57. The van der Waals surface area contributed by atoms with E-state index in [9.17, 15) is 56.7 Å². The van der Waals surface area contributed by atoms with Crippen molar-refractivity contribution in [2.75, 3.05) is 30.5 Å². The minimum Gasteiger partial charge on any atom is -0.480 e. The van der Waals surface area contributed by atoms with Gasteiger partial charge in [-0.3, -0.25) is 42.5 Å². The van der Waals surface area contributed by atoms with E-state index in [-0.39, 0.29) is 51.1 Å². The number of cyclic esters (lactones) is 1. The van der Waals surface area contributed by atoms with Crippen LogP contribution in [0.4, 0.5) is 10.5 Å². The summed E-state index contributed by atoms with van der Waals surface area (Å²) in [5.74, 6) is -6.21. The van der Waals surface area contributed by atoms with Gasteiger partial charge in [0.2, 0.25) is 18.4 Å². The maximum Gasteiger partial charge on any atom is 0.423 e. The molecule has 5 heterocycles. The monoisotopic (exact) mass is 796 g/mol. The van der Waals surface area contributed by atoms with Gasteiger partial charge < -0.3 is 39.2 Å². The van der Waals surface area contributed by atoms with E-state index >= 15 is 0 Å². The molecule has 4 N–H and O–H groups in total. The van der Waals surface area contributed by atoms with Crippen LogP contribution < -0.4 is 39.4 Å². The second-order valence-corrected chi connectivity index (χ2v) is 14.9. The van der Waals surface area contributed by atoms with Crippen LogP contribution in [0.5, 0.6) is 17.2 Å². The van der Waals surface area contributed by atoms with Crippen molar-refractivity contribution >= 4 is 80.2 Å². The summed E-state index contributed by atoms with van der Waals surface area (Å²) in [6.07, 6.45) is -0.142. The molecule has 0 atom stereocenters. The van der Waals surface area contributed by atoms with Gasteiger partial charge in [-0.15, -0.1) is 22.7 Å². The highest BCUT2D eigenvalue weighted by molar-refractivity contribution is 7.85. The fourth-order valence-electron chi connectivity index (χ4n) is 5.41. The molecule has 53 heavy (non-hydrogen) atoms. The van der Waals surface area contributed by atoms with Crippen LogP contribution in [-0.4, -0.2) is 97.9 Å². The van der Waals surface area contributed by atoms with Crippen molar-refractivity contribution in [1.29, 1.82) is 0 Å². The number of hydrogen-bond acceptors (Lipinski definition) is 16. The number of thiazole rings is 2. The summed E-state index contributed by atoms with van der Waals surface area (Å²) in [4.78, 5) is 89.3. The fourth-order valence-corrected chi connectivity index (χ4v) is 8.30. The Labute approximate surface area is 301 Å². The number of imide groups is 1. The molecule has 21 nitrogen and oxygen atoms in total. The summed E-state index contributed by atoms with van der Waals surface area (Å²) in [6.45, 7) is -1.65. The summed E-state index contributed by atoms with van der Waals surface area (Å²) in [7, 11) is -4.32. The number of amides is 2. The number of rotatable bonds is 11. The van der Waals surface area contributed by atoms with Crippen molar-refractivity contribution in [2.45, 2.75) is 26.4 Å². The molecule has 0 unspecified atom stereocenters. The molecule has 0 aliphatic carbocycles. The molecule has 3 aliphatic rings. The number of ether oxygens (including phenoxy) is 4. The number of carboxylic acids is 3. The standard InChI is InChI=1S/C29H24N4O17S3/c1-12(26-30(3-2-4-53(44,45)46)13-6-15-16(48-11-47-15)7-14(13)49-26)5-17-23(40)31(8-18(34)35)28(51-17)22-25(42)32(9-19(36)37)27(52-22)21-24(41)33(10-20(38)39)29(43)50-21/h5-7H,2-4,8-11H2,1H3,(H,34,35)(H,36,37)(H,38,39)(H,44,45,46)/b17-5?,26-12?,27-21+,28-22+. The zero-order chi connectivity index (χ0) is 38.5. The predicted molar refractivity (Wildman–Crippen MR) is 177 cm³/mol. The number of nitrogens with zero attached hydrogens (tertiary/aromatic N) is 4. The lowest BCUT2D eigenvalue weighted by Gasteiger charge is -2.19. The average molecular weight is 797 g/mol. The van der Waals surface area contributed by atoms with Crippen LogP contribution >= 0.6 is 22.7 Å². The van der Waals surface area contributed by atoms with Crippen LogP contribution in [0, 0.1) is 9.20 Å². The van der Waals surface area contributed by atoms with E-state index in [0.717, 1.165) is 4.57 Å². The lowest BCUT2D eigenvalue weighted by molar-refractivity contribution is -0.140. The van der Waals surface area contributed by atoms with E-state index in [1.165, 1.54) is 13.0 Å². The second kappa shape index (κ2) is 13.9. The molecule has 3 aromatic rings. The zero-order valence-electron chi connectivity index (χ0n) is 26.8. The Morgan fingerprint density at radius 1 is 0.830 bits per heavy atom. The van der Waals surface area contributed by atoms with Crippen LogP contribution in [0.2, 0.25) is 0 Å². The molecule has 0 spiro atoms. The topological polar surface area (TPSA) is 288 Å². The van der Waals surface area contributed by atoms with Crippen molar-refractivity contribution in [1.82, 2.24) is 14.0 Å². The van der Waals surface area contributed by atoms with Crippen LogP contribution in [0.15, 0.2) is 33.2 Å². The third-order valence-corrected chi connectivity index (χ3v) is 10.8. The van der Waals surface area contributed by atoms with Gasteiger partial charge in [0.15, 0.2) is 17.2 Å². The minimum atomic E-state index is -4.32. The molecule has 1 fully saturated rings. The summed E-state index contributed by atoms with van der Waals surface area (Å²) in [5.41, 5.74) is -1.30. The molecule has 280 valence electrons. The van der Waals surface area contributed by atoms with Gasteiger partial charge in [-0.2, -0.15) is 8.42 Å². The first-order valence-corrected chi connectivity index (χ1v) is 18.1. The third kappa shape index (κ3) is 7.24. The Bertz CT molecular complexity index is 2630. The van der Waals surface area contributed by atoms with Crippen molar-refractivity contribution < 1.29 is 71.2 Å². The van der Waals surface area contributed by atoms with E-state index < -0.39 is 91.5 Å². The van der Waals surface area contributed by atoms with E-state index in [1.807, 2.05) is 0 Å². The van der Waals surface area contributed by atoms with E-state index in [2.05, 4.69) is 0 Å². The highest BCUT2D eigenvalue weighted by Crippen LogP contribution is 2.48. The molecule has 1 aromatic carbocycles. The summed E-state index contributed by atoms with van der Waals surface area (Å²) in [6, 6.07) is 3.13. The number of anilines is 1.